The zero-order chi connectivity index (χ0) is 15.6. The first-order valence-corrected chi connectivity index (χ1v) is 7.18. The lowest BCUT2D eigenvalue weighted by Gasteiger charge is -2.40. The largest absolute Gasteiger partial charge is 0.299 e. The molecule has 0 spiro atoms. The molecule has 1 aromatic carbocycles. The molecule has 4 unspecified atom stereocenters. The molecule has 1 aromatic rings. The lowest BCUT2D eigenvalue weighted by atomic mass is 9.58. The molecular weight excluding hydrogens is 289 g/mol. The number of fused-ring (bicyclic) bond motifs is 2. The number of carbonyl (C=O) groups is 4. The van der Waals surface area contributed by atoms with Crippen LogP contribution in [0.4, 0.5) is 10.1 Å². The Kier molecular flexibility index (Phi) is 2.61. The predicted molar refractivity (Wildman–Crippen MR) is 72.1 cm³/mol. The van der Waals surface area contributed by atoms with Crippen molar-refractivity contribution in [1.29, 1.82) is 0 Å². The van der Waals surface area contributed by atoms with Gasteiger partial charge in [-0.3, -0.25) is 24.1 Å². The van der Waals surface area contributed by atoms with Crippen LogP contribution in [0, 0.1) is 29.5 Å². The monoisotopic (exact) mass is 301 g/mol. The number of anilines is 1. The van der Waals surface area contributed by atoms with E-state index in [-0.39, 0.29) is 30.1 Å². The topological polar surface area (TPSA) is 71.5 Å². The highest BCUT2D eigenvalue weighted by molar-refractivity contribution is 6.25. The molecule has 0 radical (unpaired) electrons. The van der Waals surface area contributed by atoms with Crippen LogP contribution in [-0.4, -0.2) is 23.4 Å². The molecule has 5 nitrogen and oxygen atoms in total. The lowest BCUT2D eigenvalue weighted by molar-refractivity contribution is -0.153. The second kappa shape index (κ2) is 4.32. The molecule has 5 rings (SSSR count). The summed E-state index contributed by atoms with van der Waals surface area (Å²) in [6.07, 6.45) is 0.113. The van der Waals surface area contributed by atoms with Crippen LogP contribution in [0.3, 0.4) is 0 Å². The van der Waals surface area contributed by atoms with Crippen LogP contribution in [0.25, 0.3) is 0 Å². The second-order valence-electron chi connectivity index (χ2n) is 6.09. The first-order valence-electron chi connectivity index (χ1n) is 7.18. The first kappa shape index (κ1) is 13.3. The summed E-state index contributed by atoms with van der Waals surface area (Å²) in [6.45, 7) is 0. The third-order valence-corrected chi connectivity index (χ3v) is 5.02. The fraction of sp³-hybridized carbons (Fsp3) is 0.375. The van der Waals surface area contributed by atoms with Crippen molar-refractivity contribution in [2.45, 2.75) is 12.8 Å². The first-order chi connectivity index (χ1) is 10.5. The summed E-state index contributed by atoms with van der Waals surface area (Å²) in [7, 11) is 0. The molecule has 4 fully saturated rings. The van der Waals surface area contributed by atoms with Crippen molar-refractivity contribution in [2.24, 2.45) is 23.7 Å². The van der Waals surface area contributed by atoms with Crippen molar-refractivity contribution >= 4 is 29.1 Å². The van der Waals surface area contributed by atoms with Crippen molar-refractivity contribution in [3.05, 3.63) is 30.1 Å². The number of carbonyl (C=O) groups excluding carboxylic acids is 4. The highest BCUT2D eigenvalue weighted by atomic mass is 19.1. The van der Waals surface area contributed by atoms with E-state index in [2.05, 4.69) is 0 Å². The Hall–Kier alpha value is -2.37. The van der Waals surface area contributed by atoms with Gasteiger partial charge in [0.05, 0.1) is 17.5 Å². The van der Waals surface area contributed by atoms with Gasteiger partial charge in [0, 0.05) is 24.7 Å². The summed E-state index contributed by atoms with van der Waals surface area (Å²) >= 11 is 0. The summed E-state index contributed by atoms with van der Waals surface area (Å²) in [4.78, 5) is 50.3. The average molecular weight is 301 g/mol. The molecule has 4 atom stereocenters. The number of ketones is 2. The van der Waals surface area contributed by atoms with E-state index in [1.165, 1.54) is 24.3 Å². The van der Waals surface area contributed by atoms with E-state index in [1.807, 2.05) is 0 Å². The van der Waals surface area contributed by atoms with Crippen molar-refractivity contribution < 1.29 is 23.6 Å². The number of benzene rings is 1. The van der Waals surface area contributed by atoms with Crippen molar-refractivity contribution in [3.8, 4) is 0 Å². The van der Waals surface area contributed by atoms with Crippen LogP contribution >= 0.6 is 0 Å². The van der Waals surface area contributed by atoms with E-state index >= 15 is 0 Å². The van der Waals surface area contributed by atoms with Gasteiger partial charge >= 0.3 is 0 Å². The van der Waals surface area contributed by atoms with E-state index in [0.717, 1.165) is 4.90 Å². The minimum absolute atomic E-state index is 0.0565. The Labute approximate surface area is 125 Å². The van der Waals surface area contributed by atoms with E-state index in [0.29, 0.717) is 0 Å². The number of amides is 2. The normalized spacial score (nSPS) is 33.6. The molecule has 112 valence electrons. The van der Waals surface area contributed by atoms with Gasteiger partial charge in [0.2, 0.25) is 11.8 Å². The molecule has 0 N–H and O–H groups in total. The van der Waals surface area contributed by atoms with Crippen molar-refractivity contribution in [2.75, 3.05) is 4.90 Å². The van der Waals surface area contributed by atoms with Gasteiger partial charge in [0.1, 0.15) is 17.4 Å². The van der Waals surface area contributed by atoms with Gasteiger partial charge < -0.3 is 0 Å². The summed E-state index contributed by atoms with van der Waals surface area (Å²) in [5.41, 5.74) is 0.282. The molecular formula is C16H12FNO4. The Morgan fingerprint density at radius 3 is 1.73 bits per heavy atom. The van der Waals surface area contributed by atoms with E-state index in [9.17, 15) is 23.6 Å². The summed E-state index contributed by atoms with van der Waals surface area (Å²) in [6, 6.07) is 5.05. The highest BCUT2D eigenvalue weighted by Gasteiger charge is 2.63. The Bertz CT molecular complexity index is 686. The fourth-order valence-electron chi connectivity index (χ4n) is 4.02. The van der Waals surface area contributed by atoms with E-state index in [4.69, 9.17) is 0 Å². The van der Waals surface area contributed by atoms with Gasteiger partial charge in [-0.1, -0.05) is 0 Å². The summed E-state index contributed by atoms with van der Waals surface area (Å²) < 4.78 is 13.0. The van der Waals surface area contributed by atoms with Gasteiger partial charge in [-0.05, 0) is 24.3 Å². The third-order valence-electron chi connectivity index (χ3n) is 5.02. The Morgan fingerprint density at radius 1 is 0.818 bits per heavy atom. The van der Waals surface area contributed by atoms with Crippen LogP contribution < -0.4 is 4.90 Å². The molecule has 22 heavy (non-hydrogen) atoms. The van der Waals surface area contributed by atoms with Crippen LogP contribution in [0.1, 0.15) is 12.8 Å². The van der Waals surface area contributed by atoms with Gasteiger partial charge in [-0.25, -0.2) is 4.39 Å². The maximum absolute atomic E-state index is 13.0. The zero-order valence-corrected chi connectivity index (χ0v) is 11.5. The number of hydrogen-bond donors (Lipinski definition) is 0. The molecule has 1 aliphatic heterocycles. The maximum atomic E-state index is 13.0. The van der Waals surface area contributed by atoms with Gasteiger partial charge in [-0.15, -0.1) is 0 Å². The Balaban J connectivity index is 1.78. The average Bonchev–Trinajstić information content (AvgIpc) is 2.75. The molecule has 0 aromatic heterocycles. The standard InChI is InChI=1S/C16H12FNO4/c17-7-1-3-8(4-2-7)18-15(21)13-9-5-11(19)10(6-12(9)20)14(13)16(18)22/h1-4,9-10,13-14H,5-6H2. The minimum atomic E-state index is -0.735. The fourth-order valence-corrected chi connectivity index (χ4v) is 4.02. The molecule has 6 heteroatoms. The number of hydrogen-bond acceptors (Lipinski definition) is 4. The molecule has 1 saturated heterocycles. The van der Waals surface area contributed by atoms with Crippen LogP contribution in [0.15, 0.2) is 24.3 Å². The van der Waals surface area contributed by atoms with E-state index in [1.54, 1.807) is 0 Å². The molecule has 4 aliphatic rings. The number of rotatable bonds is 1. The number of halogens is 1. The number of imide groups is 1. The van der Waals surface area contributed by atoms with Gasteiger partial charge in [0.25, 0.3) is 0 Å². The zero-order valence-electron chi connectivity index (χ0n) is 11.5. The van der Waals surface area contributed by atoms with Crippen molar-refractivity contribution in [3.63, 3.8) is 0 Å². The number of Topliss-reactive ketones (excluding diaryl/α,β-unsaturated/α-hetero) is 2. The van der Waals surface area contributed by atoms with E-state index < -0.39 is 41.3 Å². The summed E-state index contributed by atoms with van der Waals surface area (Å²) in [5.74, 6) is -4.39. The smallest absolute Gasteiger partial charge is 0.238 e. The highest BCUT2D eigenvalue weighted by Crippen LogP contribution is 2.50. The molecule has 1 heterocycles. The third kappa shape index (κ3) is 1.58. The van der Waals surface area contributed by atoms with Crippen LogP contribution in [0.5, 0.6) is 0 Å². The molecule has 3 saturated carbocycles. The predicted octanol–water partition coefficient (Wildman–Crippen LogP) is 1.11. The maximum Gasteiger partial charge on any atom is 0.238 e. The van der Waals surface area contributed by atoms with Crippen LogP contribution in [-0.2, 0) is 19.2 Å². The van der Waals surface area contributed by atoms with Gasteiger partial charge in [0.15, 0.2) is 0 Å². The second-order valence-corrected chi connectivity index (χ2v) is 6.09. The summed E-state index contributed by atoms with van der Waals surface area (Å²) in [5, 5.41) is 0. The Morgan fingerprint density at radius 2 is 1.27 bits per heavy atom. The van der Waals surface area contributed by atoms with Crippen molar-refractivity contribution in [1.82, 2.24) is 0 Å². The lowest BCUT2D eigenvalue weighted by Crippen LogP contribution is -2.51. The van der Waals surface area contributed by atoms with Gasteiger partial charge in [-0.2, -0.15) is 0 Å². The quantitative estimate of drug-likeness (QED) is 0.728. The van der Waals surface area contributed by atoms with Crippen LogP contribution in [0.2, 0.25) is 0 Å². The molecule has 3 aliphatic carbocycles. The molecule has 2 bridgehead atoms. The molecule has 2 amide bonds. The number of nitrogens with zero attached hydrogens (tertiary/aromatic N) is 1. The SMILES string of the molecule is O=C1CC2C(=O)CC1C1C(=O)N(c3ccc(F)cc3)C(=O)C21. The minimum Gasteiger partial charge on any atom is -0.299 e.